The van der Waals surface area contributed by atoms with Crippen molar-refractivity contribution in [2.75, 3.05) is 0 Å². The number of rotatable bonds is 22. The summed E-state index contributed by atoms with van der Waals surface area (Å²) in [6.45, 7) is 20.8. The molecule has 0 saturated heterocycles. The van der Waals surface area contributed by atoms with Crippen LogP contribution in [0, 0.1) is 20.8 Å². The van der Waals surface area contributed by atoms with Crippen LogP contribution in [0.2, 0.25) is 0 Å². The number of nitrogens with zero attached hydrogens (tertiary/aromatic N) is 2. The molecule has 9 rings (SSSR count). The molecule has 0 amide bonds. The van der Waals surface area contributed by atoms with Crippen LogP contribution in [0.3, 0.4) is 0 Å². The van der Waals surface area contributed by atoms with Gasteiger partial charge in [-0.05, 0) is 163 Å². The van der Waals surface area contributed by atoms with Crippen molar-refractivity contribution in [3.05, 3.63) is 165 Å². The first kappa shape index (κ1) is 50.3. The average Bonchev–Trinajstić information content (AvgIpc) is 3.81. The SMILES string of the molecule is CCCCc1cc(C)ccc1-c1ccc(-c2cc(-c3ccc4c(c3)C(CCCC)(CCCC)c3cc(C)ccc3-4)nc(-c3ccc4c(c3)C(CCCC)(CCCC)c3cc(C)ccc3-4)n2)cc1CCCC. The second-order valence-electron chi connectivity index (χ2n) is 21.9. The molecule has 0 atom stereocenters. The minimum Gasteiger partial charge on any atom is -0.228 e. The second-order valence-corrected chi connectivity index (χ2v) is 21.9. The van der Waals surface area contributed by atoms with E-state index < -0.39 is 0 Å². The second kappa shape index (κ2) is 22.0. The minimum atomic E-state index is -0.0250. The standard InChI is InChI=1S/C69H82N2/c1-10-16-22-50-40-47(7)24-30-55(50)56-33-27-52(43-51(56)23-17-11-2)65-46-66(53-28-34-59-57-31-25-48(8)41-61(57)68(36-18-12-3,37-19-13-4)63(59)44-53)71-67(70-65)54-29-35-60-58-32-26-49(9)42-62(58)69(38-20-14-5,39-21-15-6)64(60)45-54/h24-35,40-46H,10-23,36-39H2,1-9H3. The fourth-order valence-corrected chi connectivity index (χ4v) is 12.8. The summed E-state index contributed by atoms with van der Waals surface area (Å²) in [6, 6.07) is 45.7. The Hall–Kier alpha value is -5.60. The Balaban J connectivity index is 1.26. The van der Waals surface area contributed by atoms with Crippen LogP contribution in [0.5, 0.6) is 0 Å². The first-order chi connectivity index (χ1) is 34.6. The van der Waals surface area contributed by atoms with E-state index in [9.17, 15) is 0 Å². The lowest BCUT2D eigenvalue weighted by atomic mass is 9.70. The highest BCUT2D eigenvalue weighted by Gasteiger charge is 2.44. The first-order valence-electron chi connectivity index (χ1n) is 28.3. The topological polar surface area (TPSA) is 25.8 Å². The number of unbranched alkanes of at least 4 members (excludes halogenated alkanes) is 6. The van der Waals surface area contributed by atoms with E-state index in [1.165, 1.54) is 172 Å². The summed E-state index contributed by atoms with van der Waals surface area (Å²) in [6.07, 6.45) is 21.1. The maximum absolute atomic E-state index is 5.70. The molecule has 71 heavy (non-hydrogen) atoms. The predicted molar refractivity (Wildman–Crippen MR) is 306 cm³/mol. The molecule has 0 radical (unpaired) electrons. The van der Waals surface area contributed by atoms with Crippen LogP contribution in [0.25, 0.3) is 67.3 Å². The van der Waals surface area contributed by atoms with Crippen LogP contribution >= 0.6 is 0 Å². The zero-order valence-corrected chi connectivity index (χ0v) is 45.1. The minimum absolute atomic E-state index is 0.0129. The van der Waals surface area contributed by atoms with E-state index in [1.54, 1.807) is 0 Å². The zero-order valence-electron chi connectivity index (χ0n) is 45.1. The zero-order chi connectivity index (χ0) is 49.7. The molecule has 0 N–H and O–H groups in total. The highest BCUT2D eigenvalue weighted by atomic mass is 14.9. The average molecular weight is 939 g/mol. The third kappa shape index (κ3) is 9.75. The fourth-order valence-electron chi connectivity index (χ4n) is 12.8. The Labute approximate surface area is 429 Å². The van der Waals surface area contributed by atoms with Gasteiger partial charge in [0.05, 0.1) is 11.4 Å². The monoisotopic (exact) mass is 939 g/mol. The van der Waals surface area contributed by atoms with Gasteiger partial charge in [-0.15, -0.1) is 0 Å². The molecule has 0 spiro atoms. The number of aromatic nitrogens is 2. The number of aryl methyl sites for hydroxylation is 5. The molecule has 0 aliphatic heterocycles. The molecule has 7 aromatic rings. The van der Waals surface area contributed by atoms with Gasteiger partial charge in [-0.25, -0.2) is 9.97 Å². The van der Waals surface area contributed by atoms with Gasteiger partial charge in [0.25, 0.3) is 0 Å². The van der Waals surface area contributed by atoms with E-state index in [-0.39, 0.29) is 10.8 Å². The van der Waals surface area contributed by atoms with Crippen LogP contribution in [0.4, 0.5) is 0 Å². The van der Waals surface area contributed by atoms with Crippen molar-refractivity contribution >= 4 is 0 Å². The van der Waals surface area contributed by atoms with Crippen molar-refractivity contribution in [3.8, 4) is 67.3 Å². The molecule has 368 valence electrons. The van der Waals surface area contributed by atoms with Crippen molar-refractivity contribution in [3.63, 3.8) is 0 Å². The molecule has 2 heteroatoms. The number of hydrogen-bond donors (Lipinski definition) is 0. The molecular formula is C69H82N2. The van der Waals surface area contributed by atoms with Crippen LogP contribution in [-0.4, -0.2) is 9.97 Å². The largest absolute Gasteiger partial charge is 0.228 e. The lowest BCUT2D eigenvalue weighted by molar-refractivity contribution is 0.414. The van der Waals surface area contributed by atoms with E-state index in [2.05, 4.69) is 178 Å². The van der Waals surface area contributed by atoms with E-state index in [4.69, 9.17) is 9.97 Å². The summed E-state index contributed by atoms with van der Waals surface area (Å²) >= 11 is 0. The number of benzene rings is 6. The lowest BCUT2D eigenvalue weighted by Crippen LogP contribution is -2.25. The van der Waals surface area contributed by atoms with Crippen LogP contribution in [0.15, 0.2) is 115 Å². The molecule has 0 bridgehead atoms. The number of hydrogen-bond acceptors (Lipinski definition) is 2. The van der Waals surface area contributed by atoms with Gasteiger partial charge >= 0.3 is 0 Å². The van der Waals surface area contributed by atoms with Crippen LogP contribution in [0.1, 0.15) is 194 Å². The maximum Gasteiger partial charge on any atom is 0.160 e. The van der Waals surface area contributed by atoms with E-state index in [0.29, 0.717) is 0 Å². The van der Waals surface area contributed by atoms with Crippen molar-refractivity contribution in [2.45, 2.75) is 189 Å². The van der Waals surface area contributed by atoms with E-state index in [1.807, 2.05) is 0 Å². The van der Waals surface area contributed by atoms with Crippen molar-refractivity contribution in [1.82, 2.24) is 9.97 Å². The molecule has 0 unspecified atom stereocenters. The summed E-state index contributed by atoms with van der Waals surface area (Å²) in [7, 11) is 0. The Morgan fingerprint density at radius 1 is 0.324 bits per heavy atom. The van der Waals surface area contributed by atoms with Gasteiger partial charge in [0.2, 0.25) is 0 Å². The van der Waals surface area contributed by atoms with Gasteiger partial charge in [0.15, 0.2) is 5.82 Å². The normalized spacial score (nSPS) is 13.8. The molecule has 0 fully saturated rings. The maximum atomic E-state index is 5.70. The first-order valence-corrected chi connectivity index (χ1v) is 28.3. The van der Waals surface area contributed by atoms with Crippen molar-refractivity contribution < 1.29 is 0 Å². The van der Waals surface area contributed by atoms with Crippen LogP contribution < -0.4 is 0 Å². The molecule has 2 nitrogen and oxygen atoms in total. The van der Waals surface area contributed by atoms with E-state index in [0.717, 1.165) is 61.3 Å². The molecule has 1 heterocycles. The van der Waals surface area contributed by atoms with Gasteiger partial charge in [0, 0.05) is 27.5 Å². The Morgan fingerprint density at radius 3 is 1.11 bits per heavy atom. The van der Waals surface area contributed by atoms with Gasteiger partial charge in [-0.1, -0.05) is 213 Å². The summed E-state index contributed by atoms with van der Waals surface area (Å²) < 4.78 is 0. The molecule has 1 aromatic heterocycles. The highest BCUT2D eigenvalue weighted by molar-refractivity contribution is 5.87. The van der Waals surface area contributed by atoms with E-state index >= 15 is 0 Å². The Morgan fingerprint density at radius 2 is 0.662 bits per heavy atom. The third-order valence-corrected chi connectivity index (χ3v) is 16.7. The van der Waals surface area contributed by atoms with Gasteiger partial charge in [-0.2, -0.15) is 0 Å². The van der Waals surface area contributed by atoms with Crippen LogP contribution in [-0.2, 0) is 23.7 Å². The smallest absolute Gasteiger partial charge is 0.160 e. The van der Waals surface area contributed by atoms with Gasteiger partial charge in [0.1, 0.15) is 0 Å². The van der Waals surface area contributed by atoms with Gasteiger partial charge in [-0.3, -0.25) is 0 Å². The summed E-state index contributed by atoms with van der Waals surface area (Å²) in [5, 5.41) is 0. The third-order valence-electron chi connectivity index (χ3n) is 16.7. The number of fused-ring (bicyclic) bond motifs is 6. The molecule has 2 aliphatic carbocycles. The molecule has 6 aromatic carbocycles. The summed E-state index contributed by atoms with van der Waals surface area (Å²) in [4.78, 5) is 11.4. The highest BCUT2D eigenvalue weighted by Crippen LogP contribution is 2.57. The quantitative estimate of drug-likeness (QED) is 0.0677. The summed E-state index contributed by atoms with van der Waals surface area (Å²) in [5.41, 5.74) is 26.7. The summed E-state index contributed by atoms with van der Waals surface area (Å²) in [5.74, 6) is 0.814. The molecule has 0 saturated carbocycles. The fraction of sp³-hybridized carbons (Fsp3) is 0.420. The predicted octanol–water partition coefficient (Wildman–Crippen LogP) is 20.0. The Bertz CT molecular complexity index is 2840. The Kier molecular flexibility index (Phi) is 15.6. The van der Waals surface area contributed by atoms with Gasteiger partial charge < -0.3 is 0 Å². The molecule has 2 aliphatic rings. The lowest BCUT2D eigenvalue weighted by Gasteiger charge is -2.33. The van der Waals surface area contributed by atoms with Crippen molar-refractivity contribution in [2.24, 2.45) is 0 Å². The van der Waals surface area contributed by atoms with Crippen molar-refractivity contribution in [1.29, 1.82) is 0 Å². The molecular weight excluding hydrogens is 857 g/mol.